The second-order valence-electron chi connectivity index (χ2n) is 7.80. The molecule has 0 saturated carbocycles. The third-order valence-electron chi connectivity index (χ3n) is 5.13. The molecule has 1 amide bonds. The number of fused-ring (bicyclic) bond motifs is 1. The van der Waals surface area contributed by atoms with Crippen molar-refractivity contribution in [2.45, 2.75) is 51.3 Å². The number of sulfonamides is 1. The zero-order valence-electron chi connectivity index (χ0n) is 19.5. The molecule has 0 atom stereocenters. The molecule has 0 unspecified atom stereocenters. The van der Waals surface area contributed by atoms with Crippen LogP contribution >= 0.6 is 11.3 Å². The molecule has 34 heavy (non-hydrogen) atoms. The van der Waals surface area contributed by atoms with Crippen molar-refractivity contribution in [3.63, 3.8) is 0 Å². The molecule has 1 aromatic heterocycles. The molecule has 0 aliphatic carbocycles. The standard InChI is InChI=1S/C24H29N3O5S2/c1-4-6-14-27(15-7-5-2)34(30,31)18-12-13-20-22(16-18)33-24(25-20)26-23(29)19-10-8-9-11-21(19)32-17(3)28/h8-13,16H,4-7,14-15H2,1-3H3,(H,25,26,29). The summed E-state index contributed by atoms with van der Waals surface area (Å²) in [6.45, 7) is 6.31. The molecular formula is C24H29N3O5S2. The lowest BCUT2D eigenvalue weighted by molar-refractivity contribution is -0.131. The Labute approximate surface area is 204 Å². The molecule has 1 N–H and O–H groups in total. The van der Waals surface area contributed by atoms with Gasteiger partial charge < -0.3 is 4.74 Å². The Morgan fingerprint density at radius 3 is 2.38 bits per heavy atom. The average molecular weight is 504 g/mol. The van der Waals surface area contributed by atoms with Crippen molar-refractivity contribution in [1.29, 1.82) is 0 Å². The zero-order chi connectivity index (χ0) is 24.7. The van der Waals surface area contributed by atoms with Gasteiger partial charge in [0.1, 0.15) is 5.75 Å². The van der Waals surface area contributed by atoms with Crippen LogP contribution in [0.25, 0.3) is 10.2 Å². The summed E-state index contributed by atoms with van der Waals surface area (Å²) in [5.41, 5.74) is 0.781. The number of carbonyl (C=O) groups is 2. The van der Waals surface area contributed by atoms with E-state index >= 15 is 0 Å². The van der Waals surface area contributed by atoms with Gasteiger partial charge in [0.15, 0.2) is 5.13 Å². The van der Waals surface area contributed by atoms with Crippen LogP contribution in [0.2, 0.25) is 0 Å². The van der Waals surface area contributed by atoms with E-state index in [1.165, 1.54) is 24.3 Å². The van der Waals surface area contributed by atoms with Gasteiger partial charge in [-0.1, -0.05) is 50.2 Å². The molecule has 0 fully saturated rings. The molecule has 3 rings (SSSR count). The summed E-state index contributed by atoms with van der Waals surface area (Å²) in [4.78, 5) is 28.7. The lowest BCUT2D eigenvalue weighted by Crippen LogP contribution is -2.33. The number of thiazole rings is 1. The molecule has 8 nitrogen and oxygen atoms in total. The summed E-state index contributed by atoms with van der Waals surface area (Å²) in [5, 5.41) is 3.04. The Balaban J connectivity index is 1.85. The highest BCUT2D eigenvalue weighted by atomic mass is 32.2. The highest BCUT2D eigenvalue weighted by molar-refractivity contribution is 7.89. The van der Waals surface area contributed by atoms with Crippen LogP contribution in [0, 0.1) is 0 Å². The molecule has 0 aliphatic heterocycles. The SMILES string of the molecule is CCCCN(CCCC)S(=O)(=O)c1ccc2nc(NC(=O)c3ccccc3OC(C)=O)sc2c1. The van der Waals surface area contributed by atoms with Crippen molar-refractivity contribution in [3.05, 3.63) is 48.0 Å². The minimum absolute atomic E-state index is 0.154. The minimum Gasteiger partial charge on any atom is -0.426 e. The van der Waals surface area contributed by atoms with Crippen molar-refractivity contribution in [2.24, 2.45) is 0 Å². The first-order valence-electron chi connectivity index (χ1n) is 11.3. The number of esters is 1. The topological polar surface area (TPSA) is 106 Å². The summed E-state index contributed by atoms with van der Waals surface area (Å²) >= 11 is 1.18. The van der Waals surface area contributed by atoms with E-state index in [1.807, 2.05) is 13.8 Å². The van der Waals surface area contributed by atoms with Gasteiger partial charge in [0.25, 0.3) is 5.91 Å². The molecule has 1 heterocycles. The molecule has 0 radical (unpaired) electrons. The van der Waals surface area contributed by atoms with Gasteiger partial charge in [0.2, 0.25) is 10.0 Å². The Morgan fingerprint density at radius 1 is 1.06 bits per heavy atom. The predicted molar refractivity (Wildman–Crippen MR) is 134 cm³/mol. The Hall–Kier alpha value is -2.82. The number of unbranched alkanes of at least 4 members (excludes halogenated alkanes) is 2. The number of nitrogens with one attached hydrogen (secondary N) is 1. The number of para-hydroxylation sites is 1. The smallest absolute Gasteiger partial charge is 0.308 e. The summed E-state index contributed by atoms with van der Waals surface area (Å²) in [6.07, 6.45) is 3.43. The fraction of sp³-hybridized carbons (Fsp3) is 0.375. The van der Waals surface area contributed by atoms with E-state index < -0.39 is 21.9 Å². The number of carbonyl (C=O) groups excluding carboxylic acids is 2. The number of hydrogen-bond acceptors (Lipinski definition) is 7. The molecule has 0 spiro atoms. The van der Waals surface area contributed by atoms with Gasteiger partial charge in [-0.2, -0.15) is 4.31 Å². The number of aromatic nitrogens is 1. The van der Waals surface area contributed by atoms with E-state index in [-0.39, 0.29) is 16.2 Å². The van der Waals surface area contributed by atoms with Gasteiger partial charge in [-0.05, 0) is 43.2 Å². The van der Waals surface area contributed by atoms with Crippen LogP contribution in [0.3, 0.4) is 0 Å². The van der Waals surface area contributed by atoms with Crippen LogP contribution in [-0.4, -0.2) is 42.7 Å². The summed E-state index contributed by atoms with van der Waals surface area (Å²) in [7, 11) is -3.63. The van der Waals surface area contributed by atoms with Gasteiger partial charge in [0.05, 0.1) is 20.7 Å². The number of anilines is 1. The van der Waals surface area contributed by atoms with Crippen molar-refractivity contribution in [1.82, 2.24) is 9.29 Å². The molecule has 10 heteroatoms. The fourth-order valence-corrected chi connectivity index (χ4v) is 5.87. The molecular weight excluding hydrogens is 474 g/mol. The van der Waals surface area contributed by atoms with E-state index in [1.54, 1.807) is 40.7 Å². The van der Waals surface area contributed by atoms with E-state index in [4.69, 9.17) is 4.74 Å². The third-order valence-corrected chi connectivity index (χ3v) is 7.95. The third kappa shape index (κ3) is 6.19. The average Bonchev–Trinajstić information content (AvgIpc) is 3.20. The number of amides is 1. The van der Waals surface area contributed by atoms with E-state index in [9.17, 15) is 18.0 Å². The lowest BCUT2D eigenvalue weighted by Gasteiger charge is -2.21. The first-order valence-corrected chi connectivity index (χ1v) is 13.5. The zero-order valence-corrected chi connectivity index (χ0v) is 21.2. The maximum absolute atomic E-state index is 13.3. The number of ether oxygens (including phenoxy) is 1. The van der Waals surface area contributed by atoms with Crippen molar-refractivity contribution in [3.8, 4) is 5.75 Å². The Kier molecular flexibility index (Phi) is 8.76. The predicted octanol–water partition coefficient (Wildman–Crippen LogP) is 5.06. The number of nitrogens with zero attached hydrogens (tertiary/aromatic N) is 2. The maximum atomic E-state index is 13.3. The first-order chi connectivity index (χ1) is 16.3. The normalized spacial score (nSPS) is 11.6. The van der Waals surface area contributed by atoms with Crippen molar-refractivity contribution in [2.75, 3.05) is 18.4 Å². The van der Waals surface area contributed by atoms with Gasteiger partial charge in [-0.3, -0.25) is 14.9 Å². The molecule has 0 bridgehead atoms. The van der Waals surface area contributed by atoms with Gasteiger partial charge in [0, 0.05) is 20.0 Å². The van der Waals surface area contributed by atoms with Gasteiger partial charge in [-0.15, -0.1) is 0 Å². The molecule has 0 aliphatic rings. The number of hydrogen-bond donors (Lipinski definition) is 1. The van der Waals surface area contributed by atoms with E-state index in [0.717, 1.165) is 25.7 Å². The van der Waals surface area contributed by atoms with Gasteiger partial charge in [-0.25, -0.2) is 13.4 Å². The lowest BCUT2D eigenvalue weighted by atomic mass is 10.2. The van der Waals surface area contributed by atoms with Crippen LogP contribution in [0.5, 0.6) is 5.75 Å². The summed E-state index contributed by atoms with van der Waals surface area (Å²) in [5.74, 6) is -0.851. The van der Waals surface area contributed by atoms with E-state index in [0.29, 0.717) is 28.4 Å². The van der Waals surface area contributed by atoms with Gasteiger partial charge >= 0.3 is 5.97 Å². The number of rotatable bonds is 11. The van der Waals surface area contributed by atoms with Crippen LogP contribution < -0.4 is 10.1 Å². The van der Waals surface area contributed by atoms with Crippen LogP contribution in [0.1, 0.15) is 56.8 Å². The highest BCUT2D eigenvalue weighted by Crippen LogP contribution is 2.30. The number of benzene rings is 2. The summed E-state index contributed by atoms with van der Waals surface area (Å²) < 4.78 is 33.9. The second-order valence-corrected chi connectivity index (χ2v) is 10.8. The Bertz CT molecular complexity index is 1260. The van der Waals surface area contributed by atoms with Crippen molar-refractivity contribution < 1.29 is 22.7 Å². The highest BCUT2D eigenvalue weighted by Gasteiger charge is 2.24. The summed E-state index contributed by atoms with van der Waals surface area (Å²) in [6, 6.07) is 11.2. The Morgan fingerprint density at radius 2 is 1.74 bits per heavy atom. The van der Waals surface area contributed by atoms with E-state index in [2.05, 4.69) is 10.3 Å². The van der Waals surface area contributed by atoms with Crippen molar-refractivity contribution >= 4 is 48.6 Å². The van der Waals surface area contributed by atoms with Crippen LogP contribution in [-0.2, 0) is 14.8 Å². The maximum Gasteiger partial charge on any atom is 0.308 e. The quantitative estimate of drug-likeness (QED) is 0.289. The monoisotopic (exact) mass is 503 g/mol. The molecule has 0 saturated heterocycles. The molecule has 2 aromatic carbocycles. The molecule has 182 valence electrons. The minimum atomic E-state index is -3.63. The van der Waals surface area contributed by atoms with Crippen LogP contribution in [0.15, 0.2) is 47.4 Å². The first kappa shape index (κ1) is 25.8. The molecule has 3 aromatic rings. The second kappa shape index (κ2) is 11.5. The largest absolute Gasteiger partial charge is 0.426 e. The fourth-order valence-electron chi connectivity index (χ4n) is 3.35. The van der Waals surface area contributed by atoms with Crippen LogP contribution in [0.4, 0.5) is 5.13 Å².